The summed E-state index contributed by atoms with van der Waals surface area (Å²) in [5, 5.41) is 0.987. The summed E-state index contributed by atoms with van der Waals surface area (Å²) < 4.78 is 15.2. The van der Waals surface area contributed by atoms with Gasteiger partial charge in [0.05, 0.1) is 41.8 Å². The van der Waals surface area contributed by atoms with E-state index in [0.717, 1.165) is 15.6 Å². The van der Waals surface area contributed by atoms with Gasteiger partial charge in [0, 0.05) is 7.11 Å². The molecule has 6 heteroatoms. The average molecular weight is 273 g/mol. The first kappa shape index (κ1) is 15.1. The molecule has 0 aliphatic rings. The van der Waals surface area contributed by atoms with Crippen molar-refractivity contribution in [3.05, 3.63) is 15.6 Å². The number of nitrogens with zero attached hydrogens (tertiary/aromatic N) is 1. The Kier molecular flexibility index (Phi) is 6.85. The van der Waals surface area contributed by atoms with Crippen molar-refractivity contribution in [3.63, 3.8) is 0 Å². The predicted molar refractivity (Wildman–Crippen MR) is 68.7 cm³/mol. The van der Waals surface area contributed by atoms with Gasteiger partial charge in [0.2, 0.25) is 0 Å². The van der Waals surface area contributed by atoms with Crippen LogP contribution in [-0.2, 0) is 25.6 Å². The molecule has 18 heavy (non-hydrogen) atoms. The highest BCUT2D eigenvalue weighted by Gasteiger charge is 2.08. The highest BCUT2D eigenvalue weighted by atomic mass is 32.1. The molecule has 1 aromatic heterocycles. The lowest BCUT2D eigenvalue weighted by molar-refractivity contribution is -0.146. The summed E-state index contributed by atoms with van der Waals surface area (Å²) in [7, 11) is 1.61. The number of hydrogen-bond donors (Lipinski definition) is 0. The van der Waals surface area contributed by atoms with E-state index in [4.69, 9.17) is 14.2 Å². The van der Waals surface area contributed by atoms with E-state index in [1.807, 2.05) is 13.8 Å². The number of ether oxygens (including phenoxy) is 3. The summed E-state index contributed by atoms with van der Waals surface area (Å²) in [4.78, 5) is 16.7. The fourth-order valence-corrected chi connectivity index (χ4v) is 2.18. The molecule has 5 nitrogen and oxygen atoms in total. The fraction of sp³-hybridized carbons (Fsp3) is 0.667. The van der Waals surface area contributed by atoms with E-state index in [2.05, 4.69) is 4.98 Å². The smallest absolute Gasteiger partial charge is 0.308 e. The largest absolute Gasteiger partial charge is 0.460 e. The van der Waals surface area contributed by atoms with Crippen LogP contribution >= 0.6 is 11.3 Å². The highest BCUT2D eigenvalue weighted by molar-refractivity contribution is 7.11. The molecule has 0 atom stereocenters. The molecule has 102 valence electrons. The minimum atomic E-state index is -0.252. The Morgan fingerprint density at radius 3 is 2.67 bits per heavy atom. The maximum Gasteiger partial charge on any atom is 0.308 e. The van der Waals surface area contributed by atoms with E-state index in [0.29, 0.717) is 26.4 Å². The van der Waals surface area contributed by atoms with Gasteiger partial charge in [0.1, 0.15) is 6.61 Å². The zero-order valence-electron chi connectivity index (χ0n) is 11.0. The lowest BCUT2D eigenvalue weighted by atomic mass is 10.4. The van der Waals surface area contributed by atoms with E-state index in [-0.39, 0.29) is 12.4 Å². The molecule has 0 bridgehead atoms. The van der Waals surface area contributed by atoms with Crippen LogP contribution in [0.4, 0.5) is 0 Å². The van der Waals surface area contributed by atoms with Crippen molar-refractivity contribution in [2.75, 3.05) is 26.9 Å². The summed E-state index contributed by atoms with van der Waals surface area (Å²) in [6, 6.07) is 0. The van der Waals surface area contributed by atoms with E-state index in [9.17, 15) is 4.79 Å². The first-order chi connectivity index (χ1) is 8.63. The summed E-state index contributed by atoms with van der Waals surface area (Å²) in [5.41, 5.74) is 0.932. The van der Waals surface area contributed by atoms with E-state index in [1.54, 1.807) is 18.4 Å². The molecule has 0 aliphatic heterocycles. The molecule has 0 saturated carbocycles. The maximum absolute atomic E-state index is 11.4. The summed E-state index contributed by atoms with van der Waals surface area (Å²) in [5.74, 6) is -0.252. The minimum Gasteiger partial charge on any atom is -0.460 e. The third-order valence-electron chi connectivity index (χ3n) is 2.25. The Hall–Kier alpha value is -0.980. The van der Waals surface area contributed by atoms with Crippen molar-refractivity contribution in [1.29, 1.82) is 0 Å². The van der Waals surface area contributed by atoms with Gasteiger partial charge in [-0.05, 0) is 13.8 Å². The normalized spacial score (nSPS) is 10.6. The second kappa shape index (κ2) is 8.18. The molecule has 0 saturated heterocycles. The number of methoxy groups -OCH3 is 1. The zero-order chi connectivity index (χ0) is 13.4. The number of esters is 1. The van der Waals surface area contributed by atoms with Crippen LogP contribution in [0.1, 0.15) is 22.0 Å². The van der Waals surface area contributed by atoms with Crippen LogP contribution in [0.25, 0.3) is 0 Å². The first-order valence-electron chi connectivity index (χ1n) is 5.78. The van der Waals surface area contributed by atoms with Crippen LogP contribution < -0.4 is 0 Å². The van der Waals surface area contributed by atoms with Crippen molar-refractivity contribution >= 4 is 17.3 Å². The molecular formula is C12H19NO4S. The van der Waals surface area contributed by atoms with E-state index < -0.39 is 0 Å². The van der Waals surface area contributed by atoms with Gasteiger partial charge >= 0.3 is 5.97 Å². The van der Waals surface area contributed by atoms with Gasteiger partial charge < -0.3 is 14.2 Å². The third-order valence-corrected chi connectivity index (χ3v) is 3.29. The zero-order valence-corrected chi connectivity index (χ0v) is 11.8. The number of aryl methyl sites for hydroxylation is 2. The number of aromatic nitrogens is 1. The lowest BCUT2D eigenvalue weighted by Crippen LogP contribution is -2.10. The van der Waals surface area contributed by atoms with Gasteiger partial charge in [0.15, 0.2) is 0 Å². The molecule has 0 N–H and O–H groups in total. The average Bonchev–Trinajstić information content (AvgIpc) is 2.65. The monoisotopic (exact) mass is 273 g/mol. The van der Waals surface area contributed by atoms with Crippen LogP contribution in [0.5, 0.6) is 0 Å². The van der Waals surface area contributed by atoms with Crippen molar-refractivity contribution in [2.24, 2.45) is 0 Å². The summed E-state index contributed by atoms with van der Waals surface area (Å²) in [6.45, 7) is 5.55. The molecule has 1 aromatic rings. The Balaban J connectivity index is 2.15. The Labute approximate surface area is 111 Å². The molecule has 1 heterocycles. The number of thiazole rings is 1. The van der Waals surface area contributed by atoms with Crippen LogP contribution in [0.2, 0.25) is 0 Å². The van der Waals surface area contributed by atoms with Crippen molar-refractivity contribution in [2.45, 2.75) is 26.9 Å². The van der Waals surface area contributed by atoms with Gasteiger partial charge in [-0.15, -0.1) is 11.3 Å². The van der Waals surface area contributed by atoms with Crippen molar-refractivity contribution < 1.29 is 19.0 Å². The Morgan fingerprint density at radius 2 is 2.06 bits per heavy atom. The molecule has 1 rings (SSSR count). The van der Waals surface area contributed by atoms with Gasteiger partial charge in [-0.25, -0.2) is 4.98 Å². The standard InChI is InChI=1S/C12H19NO4S/c1-9-11(18-10(2)13-9)8-17-12(14)4-5-16-7-6-15-3/h4-8H2,1-3H3. The molecule has 0 amide bonds. The van der Waals surface area contributed by atoms with Gasteiger partial charge in [-0.2, -0.15) is 0 Å². The second-order valence-corrected chi connectivity index (χ2v) is 5.05. The topological polar surface area (TPSA) is 57.7 Å². The molecule has 0 aromatic carbocycles. The van der Waals surface area contributed by atoms with Gasteiger partial charge in [-0.1, -0.05) is 0 Å². The summed E-state index contributed by atoms with van der Waals surface area (Å²) >= 11 is 1.56. The van der Waals surface area contributed by atoms with E-state index in [1.165, 1.54) is 0 Å². The third kappa shape index (κ3) is 5.57. The quantitative estimate of drug-likeness (QED) is 0.534. The molecule has 0 unspecified atom stereocenters. The molecular weight excluding hydrogens is 254 g/mol. The molecule has 0 spiro atoms. The van der Waals surface area contributed by atoms with Crippen molar-refractivity contribution in [3.8, 4) is 0 Å². The highest BCUT2D eigenvalue weighted by Crippen LogP contribution is 2.18. The van der Waals surface area contributed by atoms with Crippen LogP contribution in [0.3, 0.4) is 0 Å². The number of rotatable bonds is 8. The molecule has 0 radical (unpaired) electrons. The number of carbonyl (C=O) groups is 1. The first-order valence-corrected chi connectivity index (χ1v) is 6.60. The molecule has 0 fully saturated rings. The Bertz CT molecular complexity index is 378. The number of hydrogen-bond acceptors (Lipinski definition) is 6. The lowest BCUT2D eigenvalue weighted by Gasteiger charge is -2.04. The van der Waals surface area contributed by atoms with Gasteiger partial charge in [0.25, 0.3) is 0 Å². The second-order valence-electron chi connectivity index (χ2n) is 3.76. The SMILES string of the molecule is COCCOCCC(=O)OCc1sc(C)nc1C. The molecule has 0 aliphatic carbocycles. The van der Waals surface area contributed by atoms with Crippen LogP contribution in [0, 0.1) is 13.8 Å². The predicted octanol–water partition coefficient (Wildman–Crippen LogP) is 1.86. The van der Waals surface area contributed by atoms with Crippen molar-refractivity contribution in [1.82, 2.24) is 4.98 Å². The Morgan fingerprint density at radius 1 is 1.28 bits per heavy atom. The van der Waals surface area contributed by atoms with E-state index >= 15 is 0 Å². The summed E-state index contributed by atoms with van der Waals surface area (Å²) in [6.07, 6.45) is 0.264. The number of carbonyl (C=O) groups excluding carboxylic acids is 1. The van der Waals surface area contributed by atoms with Crippen LogP contribution in [0.15, 0.2) is 0 Å². The maximum atomic E-state index is 11.4. The van der Waals surface area contributed by atoms with Gasteiger partial charge in [-0.3, -0.25) is 4.79 Å². The minimum absolute atomic E-state index is 0.252. The van der Waals surface area contributed by atoms with Crippen LogP contribution in [-0.4, -0.2) is 37.9 Å². The fourth-order valence-electron chi connectivity index (χ4n) is 1.33.